The smallest absolute Gasteiger partial charge is 0.287 e. The van der Waals surface area contributed by atoms with Crippen molar-refractivity contribution in [1.82, 2.24) is 30.0 Å². The summed E-state index contributed by atoms with van der Waals surface area (Å²) in [6.45, 7) is 1.19. The Morgan fingerprint density at radius 1 is 1.28 bits per heavy atom. The van der Waals surface area contributed by atoms with Crippen LogP contribution >= 0.6 is 0 Å². The minimum atomic E-state index is -1.03. The molecular weight excluding hydrogens is 382 g/mol. The highest BCUT2D eigenvalue weighted by Gasteiger charge is 2.20. The molecular formula is C19H16F2N6O2. The van der Waals surface area contributed by atoms with E-state index in [1.54, 1.807) is 12.5 Å². The van der Waals surface area contributed by atoms with Crippen molar-refractivity contribution < 1.29 is 18.1 Å². The third-order valence-corrected chi connectivity index (χ3v) is 4.30. The van der Waals surface area contributed by atoms with Gasteiger partial charge in [-0.1, -0.05) is 11.2 Å². The number of halogens is 2. The third kappa shape index (κ3) is 3.91. The van der Waals surface area contributed by atoms with Crippen LogP contribution in [0.5, 0.6) is 0 Å². The van der Waals surface area contributed by atoms with Crippen LogP contribution in [0.2, 0.25) is 0 Å². The number of hydrogen-bond donors (Lipinski definition) is 2. The average molecular weight is 398 g/mol. The van der Waals surface area contributed by atoms with E-state index < -0.39 is 11.6 Å². The van der Waals surface area contributed by atoms with Crippen LogP contribution < -0.4 is 5.32 Å². The predicted molar refractivity (Wildman–Crippen MR) is 98.6 cm³/mol. The second-order valence-electron chi connectivity index (χ2n) is 6.23. The van der Waals surface area contributed by atoms with Crippen LogP contribution in [-0.2, 0) is 6.54 Å². The molecule has 0 fully saturated rings. The molecule has 4 aromatic rings. The van der Waals surface area contributed by atoms with Crippen LogP contribution in [0.15, 0.2) is 53.9 Å². The highest BCUT2D eigenvalue weighted by molar-refractivity contribution is 5.91. The Kier molecular flexibility index (Phi) is 5.14. The van der Waals surface area contributed by atoms with Crippen LogP contribution in [0, 0.1) is 11.6 Å². The summed E-state index contributed by atoms with van der Waals surface area (Å²) in [5, 5.41) is 6.53. The fraction of sp³-hybridized carbons (Fsp3) is 0.158. The first-order valence-electron chi connectivity index (χ1n) is 8.81. The normalized spacial score (nSPS) is 11.0. The lowest BCUT2D eigenvalue weighted by atomic mass is 10.1. The summed E-state index contributed by atoms with van der Waals surface area (Å²) in [7, 11) is 0. The zero-order valence-electron chi connectivity index (χ0n) is 15.1. The molecule has 1 amide bonds. The highest BCUT2D eigenvalue weighted by Crippen LogP contribution is 2.32. The molecule has 1 aromatic carbocycles. The molecule has 0 saturated carbocycles. The minimum Gasteiger partial charge on any atom is -0.363 e. The minimum absolute atomic E-state index is 0.0474. The zero-order chi connectivity index (χ0) is 20.2. The average Bonchev–Trinajstić information content (AvgIpc) is 3.47. The van der Waals surface area contributed by atoms with Gasteiger partial charge in [-0.25, -0.2) is 18.7 Å². The van der Waals surface area contributed by atoms with Gasteiger partial charge in [-0.3, -0.25) is 4.79 Å². The van der Waals surface area contributed by atoms with Gasteiger partial charge in [-0.15, -0.1) is 0 Å². The molecule has 0 saturated heterocycles. The van der Waals surface area contributed by atoms with E-state index >= 15 is 0 Å². The summed E-state index contributed by atoms with van der Waals surface area (Å²) in [6.07, 6.45) is 8.66. The Morgan fingerprint density at radius 2 is 2.17 bits per heavy atom. The number of hydrogen-bond acceptors (Lipinski definition) is 5. The standard InChI is InChI=1S/C19H16F2N6O2/c20-14-4-1-3-12(16(14)21)17-13(10-29-26-17)15-9-24-18(25-15)19(28)23-5-2-7-27-8-6-22-11-27/h1,3-4,6,8-11H,2,5,7H2,(H,23,28)(H,24,25). The number of carbonyl (C=O) groups is 1. The first kappa shape index (κ1) is 18.5. The number of aryl methyl sites for hydroxylation is 1. The van der Waals surface area contributed by atoms with Crippen LogP contribution in [-0.4, -0.2) is 37.1 Å². The molecule has 2 N–H and O–H groups in total. The summed E-state index contributed by atoms with van der Waals surface area (Å²) in [5.41, 5.74) is 0.821. The third-order valence-electron chi connectivity index (χ3n) is 4.30. The second kappa shape index (κ2) is 8.05. The maximum atomic E-state index is 14.1. The van der Waals surface area contributed by atoms with Crippen molar-refractivity contribution >= 4 is 5.91 Å². The van der Waals surface area contributed by atoms with Crippen LogP contribution in [0.3, 0.4) is 0 Å². The van der Waals surface area contributed by atoms with Gasteiger partial charge >= 0.3 is 0 Å². The van der Waals surface area contributed by atoms with Gasteiger partial charge in [0.05, 0.1) is 23.8 Å². The highest BCUT2D eigenvalue weighted by atomic mass is 19.2. The van der Waals surface area contributed by atoms with Gasteiger partial charge in [0.2, 0.25) is 0 Å². The summed E-state index contributed by atoms with van der Waals surface area (Å²) < 4.78 is 34.5. The van der Waals surface area contributed by atoms with Crippen LogP contribution in [0.4, 0.5) is 8.78 Å². The van der Waals surface area contributed by atoms with E-state index in [0.717, 1.165) is 19.0 Å². The Morgan fingerprint density at radius 3 is 3.00 bits per heavy atom. The maximum Gasteiger partial charge on any atom is 0.287 e. The van der Waals surface area contributed by atoms with Crippen molar-refractivity contribution in [1.29, 1.82) is 0 Å². The van der Waals surface area contributed by atoms with E-state index in [1.165, 1.54) is 24.6 Å². The van der Waals surface area contributed by atoms with Crippen LogP contribution in [0.25, 0.3) is 22.5 Å². The number of amides is 1. The quantitative estimate of drug-likeness (QED) is 0.466. The van der Waals surface area contributed by atoms with Gasteiger partial charge in [-0.05, 0) is 18.6 Å². The Labute approximate surface area is 163 Å². The molecule has 0 unspecified atom stereocenters. The zero-order valence-corrected chi connectivity index (χ0v) is 15.1. The summed E-state index contributed by atoms with van der Waals surface area (Å²) in [4.78, 5) is 23.1. The van der Waals surface area contributed by atoms with Gasteiger partial charge in [0.1, 0.15) is 12.0 Å². The van der Waals surface area contributed by atoms with Gasteiger partial charge in [0.25, 0.3) is 5.91 Å². The Balaban J connectivity index is 1.45. The monoisotopic (exact) mass is 398 g/mol. The van der Waals surface area contributed by atoms with Gasteiger partial charge in [0, 0.05) is 31.0 Å². The first-order chi connectivity index (χ1) is 14.1. The second-order valence-corrected chi connectivity index (χ2v) is 6.23. The largest absolute Gasteiger partial charge is 0.363 e. The van der Waals surface area contributed by atoms with E-state index in [-0.39, 0.29) is 23.0 Å². The van der Waals surface area contributed by atoms with E-state index in [0.29, 0.717) is 17.8 Å². The van der Waals surface area contributed by atoms with E-state index in [4.69, 9.17) is 4.52 Å². The lowest BCUT2D eigenvalue weighted by Gasteiger charge is -2.04. The number of nitrogens with zero attached hydrogens (tertiary/aromatic N) is 4. The Bertz CT molecular complexity index is 1120. The van der Waals surface area contributed by atoms with E-state index in [2.05, 4.69) is 25.4 Å². The van der Waals surface area contributed by atoms with Gasteiger partial charge in [-0.2, -0.15) is 0 Å². The molecule has 0 aliphatic heterocycles. The summed E-state index contributed by atoms with van der Waals surface area (Å²) in [6, 6.07) is 3.79. The summed E-state index contributed by atoms with van der Waals surface area (Å²) >= 11 is 0. The molecule has 0 aliphatic rings. The maximum absolute atomic E-state index is 14.1. The summed E-state index contributed by atoms with van der Waals surface area (Å²) in [5.74, 6) is -2.30. The molecule has 0 aliphatic carbocycles. The fourth-order valence-electron chi connectivity index (χ4n) is 2.85. The molecule has 3 heterocycles. The molecule has 0 bridgehead atoms. The van der Waals surface area contributed by atoms with Crippen molar-refractivity contribution in [3.63, 3.8) is 0 Å². The number of aromatic nitrogens is 5. The van der Waals surface area contributed by atoms with Crippen molar-refractivity contribution in [2.24, 2.45) is 0 Å². The number of nitrogens with one attached hydrogen (secondary N) is 2. The molecule has 10 heteroatoms. The van der Waals surface area contributed by atoms with E-state index in [9.17, 15) is 13.6 Å². The SMILES string of the molecule is O=C(NCCCn1ccnc1)c1ncc(-c2conc2-c2cccc(F)c2F)[nH]1. The van der Waals surface area contributed by atoms with Crippen LogP contribution in [0.1, 0.15) is 17.0 Å². The number of benzene rings is 1. The molecule has 0 radical (unpaired) electrons. The molecule has 8 nitrogen and oxygen atoms in total. The molecule has 0 spiro atoms. The van der Waals surface area contributed by atoms with Crippen molar-refractivity contribution in [3.8, 4) is 22.5 Å². The number of rotatable bonds is 7. The van der Waals surface area contributed by atoms with Crippen molar-refractivity contribution in [3.05, 3.63) is 66.8 Å². The number of H-pyrrole nitrogens is 1. The molecule has 148 valence electrons. The number of aromatic amines is 1. The molecule has 0 atom stereocenters. The predicted octanol–water partition coefficient (Wildman–Crippen LogP) is 3.03. The number of imidazole rings is 2. The first-order valence-corrected chi connectivity index (χ1v) is 8.81. The fourth-order valence-corrected chi connectivity index (χ4v) is 2.85. The topological polar surface area (TPSA) is 102 Å². The van der Waals surface area contributed by atoms with Crippen molar-refractivity contribution in [2.45, 2.75) is 13.0 Å². The van der Waals surface area contributed by atoms with Gasteiger partial charge in [0.15, 0.2) is 17.5 Å². The van der Waals surface area contributed by atoms with Crippen molar-refractivity contribution in [2.75, 3.05) is 6.54 Å². The number of carbonyl (C=O) groups excluding carboxylic acids is 1. The molecule has 4 rings (SSSR count). The van der Waals surface area contributed by atoms with Gasteiger partial charge < -0.3 is 19.4 Å². The van der Waals surface area contributed by atoms with E-state index in [1.807, 2.05) is 10.8 Å². The molecule has 29 heavy (non-hydrogen) atoms. The Hall–Kier alpha value is -3.82. The lowest BCUT2D eigenvalue weighted by Crippen LogP contribution is -2.26. The lowest BCUT2D eigenvalue weighted by molar-refractivity contribution is 0.0943. The molecule has 3 aromatic heterocycles.